The standard InChI is InChI=1S/C24H31NO8/c1-4-22(26)32-16-14-30-13-12-29-10-9-25-24(27)33-23-18(2)17-21(31-15-11-28-3)19-7-5-6-8-20(19)23/h4-8,17H,1,9-16H2,2-3H3,(H,25,27). The molecule has 2 rings (SSSR count). The lowest BCUT2D eigenvalue weighted by molar-refractivity contribution is -0.139. The van der Waals surface area contributed by atoms with Gasteiger partial charge in [-0.05, 0) is 18.6 Å². The molecule has 0 aliphatic heterocycles. The molecule has 2 aromatic rings. The normalized spacial score (nSPS) is 10.6. The molecule has 0 aliphatic carbocycles. The van der Waals surface area contributed by atoms with E-state index in [-0.39, 0.29) is 19.8 Å². The van der Waals surface area contributed by atoms with Crippen LogP contribution in [-0.4, -0.2) is 72.0 Å². The zero-order valence-corrected chi connectivity index (χ0v) is 19.1. The summed E-state index contributed by atoms with van der Waals surface area (Å²) >= 11 is 0. The van der Waals surface area contributed by atoms with Crippen molar-refractivity contribution in [3.8, 4) is 11.5 Å². The second kappa shape index (κ2) is 14.8. The summed E-state index contributed by atoms with van der Waals surface area (Å²) in [4.78, 5) is 23.1. The van der Waals surface area contributed by atoms with E-state index >= 15 is 0 Å². The van der Waals surface area contributed by atoms with Crippen LogP contribution in [0.1, 0.15) is 5.56 Å². The van der Waals surface area contributed by atoms with Crippen molar-refractivity contribution >= 4 is 22.8 Å². The Morgan fingerprint density at radius 1 is 0.970 bits per heavy atom. The molecule has 0 saturated carbocycles. The van der Waals surface area contributed by atoms with Gasteiger partial charge < -0.3 is 33.7 Å². The smallest absolute Gasteiger partial charge is 0.412 e. The maximum absolute atomic E-state index is 12.3. The number of fused-ring (bicyclic) bond motifs is 1. The highest BCUT2D eigenvalue weighted by molar-refractivity contribution is 5.95. The van der Waals surface area contributed by atoms with Gasteiger partial charge in [-0.15, -0.1) is 0 Å². The minimum atomic E-state index is -0.569. The van der Waals surface area contributed by atoms with Crippen LogP contribution in [0.2, 0.25) is 0 Å². The summed E-state index contributed by atoms with van der Waals surface area (Å²) in [5.41, 5.74) is 0.781. The van der Waals surface area contributed by atoms with Crippen molar-refractivity contribution in [3.63, 3.8) is 0 Å². The minimum absolute atomic E-state index is 0.159. The number of nitrogens with one attached hydrogen (secondary N) is 1. The van der Waals surface area contributed by atoms with E-state index in [0.717, 1.165) is 22.4 Å². The monoisotopic (exact) mass is 461 g/mol. The zero-order chi connectivity index (χ0) is 23.9. The van der Waals surface area contributed by atoms with Gasteiger partial charge in [-0.25, -0.2) is 9.59 Å². The minimum Gasteiger partial charge on any atom is -0.491 e. The van der Waals surface area contributed by atoms with Crippen molar-refractivity contribution in [1.82, 2.24) is 5.32 Å². The van der Waals surface area contributed by atoms with E-state index in [9.17, 15) is 9.59 Å². The van der Waals surface area contributed by atoms with E-state index in [1.807, 2.05) is 37.3 Å². The first kappa shape index (κ1) is 26.1. The number of hydrogen-bond acceptors (Lipinski definition) is 8. The van der Waals surface area contributed by atoms with Crippen molar-refractivity contribution in [2.24, 2.45) is 0 Å². The molecule has 0 bridgehead atoms. The van der Waals surface area contributed by atoms with Crippen LogP contribution in [0.15, 0.2) is 43.0 Å². The Morgan fingerprint density at radius 2 is 1.67 bits per heavy atom. The Morgan fingerprint density at radius 3 is 2.39 bits per heavy atom. The van der Waals surface area contributed by atoms with Crippen LogP contribution in [0, 0.1) is 6.92 Å². The van der Waals surface area contributed by atoms with Crippen molar-refractivity contribution < 1.29 is 38.0 Å². The van der Waals surface area contributed by atoms with E-state index in [2.05, 4.69) is 11.9 Å². The van der Waals surface area contributed by atoms with Gasteiger partial charge in [-0.1, -0.05) is 30.8 Å². The van der Waals surface area contributed by atoms with Gasteiger partial charge in [-0.2, -0.15) is 0 Å². The number of hydrogen-bond donors (Lipinski definition) is 1. The quantitative estimate of drug-likeness (QED) is 0.245. The average Bonchev–Trinajstić information content (AvgIpc) is 2.82. The maximum Gasteiger partial charge on any atom is 0.412 e. The molecule has 9 nitrogen and oxygen atoms in total. The molecule has 0 atom stereocenters. The Labute approximate surface area is 193 Å². The van der Waals surface area contributed by atoms with Gasteiger partial charge in [0.15, 0.2) is 0 Å². The molecule has 0 aliphatic rings. The molecule has 0 heterocycles. The van der Waals surface area contributed by atoms with Gasteiger partial charge in [-0.3, -0.25) is 0 Å². The fourth-order valence-corrected chi connectivity index (χ4v) is 2.87. The van der Waals surface area contributed by atoms with Gasteiger partial charge in [0.25, 0.3) is 0 Å². The topological polar surface area (TPSA) is 102 Å². The second-order valence-corrected chi connectivity index (χ2v) is 6.82. The summed E-state index contributed by atoms with van der Waals surface area (Å²) in [5.74, 6) is 0.707. The van der Waals surface area contributed by atoms with Crippen LogP contribution in [-0.2, 0) is 23.7 Å². The Bertz CT molecular complexity index is 915. The van der Waals surface area contributed by atoms with E-state index in [4.69, 9.17) is 28.4 Å². The molecule has 33 heavy (non-hydrogen) atoms. The van der Waals surface area contributed by atoms with Crippen molar-refractivity contribution in [1.29, 1.82) is 0 Å². The number of esters is 1. The number of carbonyl (C=O) groups is 2. The number of methoxy groups -OCH3 is 1. The highest BCUT2D eigenvalue weighted by atomic mass is 16.6. The second-order valence-electron chi connectivity index (χ2n) is 6.82. The van der Waals surface area contributed by atoms with E-state index < -0.39 is 12.1 Å². The van der Waals surface area contributed by atoms with Crippen LogP contribution in [0.25, 0.3) is 10.8 Å². The Balaban J connectivity index is 1.74. The molecule has 2 aromatic carbocycles. The summed E-state index contributed by atoms with van der Waals surface area (Å²) in [5, 5.41) is 4.30. The van der Waals surface area contributed by atoms with Gasteiger partial charge in [0.2, 0.25) is 0 Å². The summed E-state index contributed by atoms with van der Waals surface area (Å²) in [6.07, 6.45) is 0.527. The van der Waals surface area contributed by atoms with Crippen LogP contribution in [0.3, 0.4) is 0 Å². The van der Waals surface area contributed by atoms with Gasteiger partial charge in [0.05, 0.1) is 33.0 Å². The molecule has 9 heteroatoms. The number of amides is 1. The average molecular weight is 462 g/mol. The van der Waals surface area contributed by atoms with Gasteiger partial charge >= 0.3 is 12.1 Å². The van der Waals surface area contributed by atoms with Crippen LogP contribution >= 0.6 is 0 Å². The van der Waals surface area contributed by atoms with Crippen LogP contribution in [0.4, 0.5) is 4.79 Å². The largest absolute Gasteiger partial charge is 0.491 e. The van der Waals surface area contributed by atoms with Crippen molar-refractivity contribution in [2.45, 2.75) is 6.92 Å². The van der Waals surface area contributed by atoms with E-state index in [1.165, 1.54) is 0 Å². The Kier molecular flexibility index (Phi) is 11.7. The first-order chi connectivity index (χ1) is 16.1. The molecule has 1 N–H and O–H groups in total. The lowest BCUT2D eigenvalue weighted by Crippen LogP contribution is -2.30. The predicted octanol–water partition coefficient (Wildman–Crippen LogP) is 3.02. The summed E-state index contributed by atoms with van der Waals surface area (Å²) in [7, 11) is 1.62. The fraction of sp³-hybridized carbons (Fsp3) is 0.417. The lowest BCUT2D eigenvalue weighted by Gasteiger charge is -2.15. The molecule has 0 fully saturated rings. The molecule has 180 valence electrons. The van der Waals surface area contributed by atoms with Crippen molar-refractivity contribution in [2.75, 3.05) is 59.9 Å². The first-order valence-corrected chi connectivity index (χ1v) is 10.6. The summed E-state index contributed by atoms with van der Waals surface area (Å²) < 4.78 is 31.9. The predicted molar refractivity (Wildman–Crippen MR) is 123 cm³/mol. The molecule has 0 spiro atoms. The molecular formula is C24H31NO8. The summed E-state index contributed by atoms with van der Waals surface area (Å²) in [6, 6.07) is 9.43. The molecule has 0 radical (unpaired) electrons. The van der Waals surface area contributed by atoms with E-state index in [1.54, 1.807) is 7.11 Å². The van der Waals surface area contributed by atoms with E-state index in [0.29, 0.717) is 44.5 Å². The molecule has 0 aromatic heterocycles. The SMILES string of the molecule is C=CC(=O)OCCOCCOCCNC(=O)Oc1c(C)cc(OCCOC)c2ccccc12. The molecule has 1 amide bonds. The molecule has 0 unspecified atom stereocenters. The zero-order valence-electron chi connectivity index (χ0n) is 19.1. The molecular weight excluding hydrogens is 430 g/mol. The first-order valence-electron chi connectivity index (χ1n) is 10.6. The maximum atomic E-state index is 12.3. The third-order valence-corrected chi connectivity index (χ3v) is 4.41. The number of aryl methyl sites for hydroxylation is 1. The third-order valence-electron chi connectivity index (χ3n) is 4.41. The fourth-order valence-electron chi connectivity index (χ4n) is 2.87. The Hall–Kier alpha value is -3.14. The summed E-state index contributed by atoms with van der Waals surface area (Å²) in [6.45, 7) is 7.78. The van der Waals surface area contributed by atoms with Crippen LogP contribution in [0.5, 0.6) is 11.5 Å². The third kappa shape index (κ3) is 9.09. The number of rotatable bonds is 15. The lowest BCUT2D eigenvalue weighted by atomic mass is 10.0. The number of benzene rings is 2. The van der Waals surface area contributed by atoms with Gasteiger partial charge in [0.1, 0.15) is 24.7 Å². The van der Waals surface area contributed by atoms with Crippen LogP contribution < -0.4 is 14.8 Å². The van der Waals surface area contributed by atoms with Gasteiger partial charge in [0, 0.05) is 30.5 Å². The number of carbonyl (C=O) groups excluding carboxylic acids is 2. The highest BCUT2D eigenvalue weighted by Crippen LogP contribution is 2.36. The highest BCUT2D eigenvalue weighted by Gasteiger charge is 2.15. The molecule has 0 saturated heterocycles. The number of ether oxygens (including phenoxy) is 6. The van der Waals surface area contributed by atoms with Crippen molar-refractivity contribution in [3.05, 3.63) is 48.6 Å².